The molecule has 0 aliphatic carbocycles. The highest BCUT2D eigenvalue weighted by Crippen LogP contribution is 2.39. The second-order valence-corrected chi connectivity index (χ2v) is 10.6. The summed E-state index contributed by atoms with van der Waals surface area (Å²) in [4.78, 5) is 27.9. The Hall–Kier alpha value is -3.62. The van der Waals surface area contributed by atoms with Crippen molar-refractivity contribution in [2.24, 2.45) is 0 Å². The van der Waals surface area contributed by atoms with Gasteiger partial charge in [0, 0.05) is 5.69 Å². The van der Waals surface area contributed by atoms with E-state index in [4.69, 9.17) is 21.7 Å². The lowest BCUT2D eigenvalue weighted by Gasteiger charge is -2.23. The average Bonchev–Trinajstić information content (AvgIpc) is 3.17. The topological polar surface area (TPSA) is 67.9 Å². The number of thioether (sulfide) groups is 1. The molecule has 2 amide bonds. The van der Waals surface area contributed by atoms with Crippen molar-refractivity contribution in [1.82, 2.24) is 4.90 Å². The molecule has 1 atom stereocenters. The third-order valence-electron chi connectivity index (χ3n) is 6.07. The lowest BCUT2D eigenvalue weighted by Crippen LogP contribution is -2.30. The monoisotopic (exact) mass is 546 g/mol. The molecule has 3 aromatic rings. The molecule has 1 fully saturated rings. The molecule has 1 saturated heterocycles. The van der Waals surface area contributed by atoms with Crippen LogP contribution in [0.1, 0.15) is 42.1 Å². The number of carbonyl (C=O) groups is 2. The number of hydrogen-bond acceptors (Lipinski definition) is 6. The molecular weight excluding hydrogens is 516 g/mol. The molecule has 0 saturated carbocycles. The molecule has 196 valence electrons. The van der Waals surface area contributed by atoms with E-state index in [0.29, 0.717) is 27.3 Å². The normalized spacial score (nSPS) is 15.1. The number of anilines is 1. The molecular formula is C30H30N2O4S2. The van der Waals surface area contributed by atoms with E-state index in [9.17, 15) is 9.59 Å². The van der Waals surface area contributed by atoms with Crippen LogP contribution in [0.4, 0.5) is 5.69 Å². The number of benzene rings is 3. The van der Waals surface area contributed by atoms with Crippen LogP contribution in [-0.2, 0) is 9.59 Å². The average molecular weight is 547 g/mol. The fourth-order valence-electron chi connectivity index (χ4n) is 4.13. The van der Waals surface area contributed by atoms with E-state index in [1.807, 2.05) is 82.3 Å². The van der Waals surface area contributed by atoms with Crippen LogP contribution >= 0.6 is 24.0 Å². The summed E-state index contributed by atoms with van der Waals surface area (Å²) in [6.45, 7) is 8.06. The van der Waals surface area contributed by atoms with Crippen molar-refractivity contribution in [1.29, 1.82) is 0 Å². The van der Waals surface area contributed by atoms with Crippen LogP contribution in [-0.4, -0.2) is 34.2 Å². The van der Waals surface area contributed by atoms with Crippen LogP contribution < -0.4 is 14.8 Å². The van der Waals surface area contributed by atoms with Gasteiger partial charge >= 0.3 is 0 Å². The van der Waals surface area contributed by atoms with Crippen molar-refractivity contribution in [3.8, 4) is 11.5 Å². The van der Waals surface area contributed by atoms with Gasteiger partial charge in [-0.1, -0.05) is 78.1 Å². The highest BCUT2D eigenvalue weighted by molar-refractivity contribution is 8.26. The minimum atomic E-state index is -0.264. The van der Waals surface area contributed by atoms with Gasteiger partial charge in [0.2, 0.25) is 0 Å². The molecule has 0 unspecified atom stereocenters. The Kier molecular flexibility index (Phi) is 8.86. The molecule has 6 nitrogen and oxygen atoms in total. The first-order chi connectivity index (χ1) is 18.3. The highest BCUT2D eigenvalue weighted by Gasteiger charge is 2.35. The summed E-state index contributed by atoms with van der Waals surface area (Å²) in [7, 11) is 0. The second-order valence-electron chi connectivity index (χ2n) is 8.93. The molecule has 38 heavy (non-hydrogen) atoms. The van der Waals surface area contributed by atoms with Gasteiger partial charge in [0.15, 0.2) is 18.1 Å². The minimum absolute atomic E-state index is 0.127. The van der Waals surface area contributed by atoms with Crippen molar-refractivity contribution in [3.63, 3.8) is 0 Å². The molecule has 4 rings (SSSR count). The molecule has 1 N–H and O–H groups in total. The number of ether oxygens (including phenoxy) is 2. The van der Waals surface area contributed by atoms with Gasteiger partial charge in [-0.2, -0.15) is 0 Å². The van der Waals surface area contributed by atoms with Crippen LogP contribution in [0.25, 0.3) is 6.08 Å². The van der Waals surface area contributed by atoms with Crippen molar-refractivity contribution in [3.05, 3.63) is 93.9 Å². The quantitative estimate of drug-likeness (QED) is 0.238. The predicted molar refractivity (Wildman–Crippen MR) is 158 cm³/mol. The van der Waals surface area contributed by atoms with E-state index >= 15 is 0 Å². The van der Waals surface area contributed by atoms with Crippen LogP contribution in [0, 0.1) is 13.8 Å². The maximum atomic E-state index is 13.2. The second kappa shape index (κ2) is 12.3. The Labute approximate surface area is 233 Å². The lowest BCUT2D eigenvalue weighted by molar-refractivity contribution is -0.123. The molecule has 0 radical (unpaired) electrons. The summed E-state index contributed by atoms with van der Waals surface area (Å²) in [5.41, 5.74) is 4.66. The maximum absolute atomic E-state index is 13.2. The number of nitrogens with one attached hydrogen (secondary N) is 1. The molecule has 1 aliphatic rings. The Bertz CT molecular complexity index is 1390. The fraction of sp³-hybridized carbons (Fsp3) is 0.233. The Balaban J connectivity index is 1.46. The van der Waals surface area contributed by atoms with Crippen LogP contribution in [0.5, 0.6) is 11.5 Å². The van der Waals surface area contributed by atoms with Gasteiger partial charge in [-0.05, 0) is 68.7 Å². The van der Waals surface area contributed by atoms with E-state index in [-0.39, 0.29) is 24.5 Å². The standard InChI is InChI=1S/C30H30N2O4S2/c1-5-35-26-16-22(12-14-25(26)36-18-28(33)31-24-13-11-19(2)15-20(24)3)17-27-29(34)32(30(37)38-27)21(4)23-9-7-6-8-10-23/h6-17,21H,5,18H2,1-4H3,(H,31,33)/b27-17-/t21-/m1/s1. The molecule has 8 heteroatoms. The van der Waals surface area contributed by atoms with Crippen molar-refractivity contribution < 1.29 is 19.1 Å². The third kappa shape index (κ3) is 6.44. The zero-order chi connectivity index (χ0) is 27.2. The number of rotatable bonds is 9. The van der Waals surface area contributed by atoms with E-state index < -0.39 is 0 Å². The lowest BCUT2D eigenvalue weighted by atomic mass is 10.1. The van der Waals surface area contributed by atoms with E-state index in [0.717, 1.165) is 27.9 Å². The largest absolute Gasteiger partial charge is 0.490 e. The number of thiocarbonyl (C=S) groups is 1. The smallest absolute Gasteiger partial charge is 0.266 e. The van der Waals surface area contributed by atoms with Crippen LogP contribution in [0.3, 0.4) is 0 Å². The van der Waals surface area contributed by atoms with Gasteiger partial charge in [0.05, 0.1) is 17.6 Å². The Morgan fingerprint density at radius 2 is 1.82 bits per heavy atom. The Morgan fingerprint density at radius 3 is 2.53 bits per heavy atom. The summed E-state index contributed by atoms with van der Waals surface area (Å²) >= 11 is 6.82. The summed E-state index contributed by atoms with van der Waals surface area (Å²) < 4.78 is 12.1. The van der Waals surface area contributed by atoms with E-state index in [1.54, 1.807) is 23.1 Å². The van der Waals surface area contributed by atoms with Gasteiger partial charge in [0.1, 0.15) is 4.32 Å². The Morgan fingerprint density at radius 1 is 1.05 bits per heavy atom. The van der Waals surface area contributed by atoms with Gasteiger partial charge in [-0.15, -0.1) is 0 Å². The minimum Gasteiger partial charge on any atom is -0.490 e. The molecule has 0 aromatic heterocycles. The highest BCUT2D eigenvalue weighted by atomic mass is 32.2. The SMILES string of the molecule is CCOc1cc(/C=C2\SC(=S)N([C@H](C)c3ccccc3)C2=O)ccc1OCC(=O)Nc1ccc(C)cc1C. The third-order valence-corrected chi connectivity index (χ3v) is 7.40. The first-order valence-electron chi connectivity index (χ1n) is 12.4. The van der Waals surface area contributed by atoms with Gasteiger partial charge in [-0.3, -0.25) is 14.5 Å². The number of hydrogen-bond donors (Lipinski definition) is 1. The maximum Gasteiger partial charge on any atom is 0.266 e. The van der Waals surface area contributed by atoms with Gasteiger partial charge < -0.3 is 14.8 Å². The first-order valence-corrected chi connectivity index (χ1v) is 13.6. The number of carbonyl (C=O) groups excluding carboxylic acids is 2. The zero-order valence-electron chi connectivity index (χ0n) is 21.8. The zero-order valence-corrected chi connectivity index (χ0v) is 23.4. The summed E-state index contributed by atoms with van der Waals surface area (Å²) in [5.74, 6) is 0.552. The number of aryl methyl sites for hydroxylation is 2. The van der Waals surface area contributed by atoms with Crippen molar-refractivity contribution in [2.45, 2.75) is 33.7 Å². The van der Waals surface area contributed by atoms with Crippen LogP contribution in [0.15, 0.2) is 71.6 Å². The number of amides is 2. The van der Waals surface area contributed by atoms with E-state index in [2.05, 4.69) is 5.32 Å². The predicted octanol–water partition coefficient (Wildman–Crippen LogP) is 6.68. The summed E-state index contributed by atoms with van der Waals surface area (Å²) in [6.07, 6.45) is 1.80. The molecule has 1 aliphatic heterocycles. The number of nitrogens with zero attached hydrogens (tertiary/aromatic N) is 1. The molecule has 3 aromatic carbocycles. The van der Waals surface area contributed by atoms with Crippen LogP contribution in [0.2, 0.25) is 0 Å². The molecule has 0 spiro atoms. The molecule has 1 heterocycles. The molecule has 0 bridgehead atoms. The van der Waals surface area contributed by atoms with E-state index in [1.165, 1.54) is 11.8 Å². The van der Waals surface area contributed by atoms with Gasteiger partial charge in [-0.25, -0.2) is 0 Å². The first kappa shape index (κ1) is 27.4. The van der Waals surface area contributed by atoms with Gasteiger partial charge in [0.25, 0.3) is 11.8 Å². The summed E-state index contributed by atoms with van der Waals surface area (Å²) in [6, 6.07) is 20.9. The summed E-state index contributed by atoms with van der Waals surface area (Å²) in [5, 5.41) is 2.88. The van der Waals surface area contributed by atoms with Crippen molar-refractivity contribution >= 4 is 51.9 Å². The van der Waals surface area contributed by atoms with Crippen molar-refractivity contribution in [2.75, 3.05) is 18.5 Å². The fourth-order valence-corrected chi connectivity index (χ4v) is 5.55.